The summed E-state index contributed by atoms with van der Waals surface area (Å²) in [7, 11) is 0. The van der Waals surface area contributed by atoms with Crippen molar-refractivity contribution in [2.75, 3.05) is 0 Å². The summed E-state index contributed by atoms with van der Waals surface area (Å²) >= 11 is 0. The second-order valence-electron chi connectivity index (χ2n) is 6.02. The molecule has 0 heterocycles. The maximum Gasteiger partial charge on any atom is 2.00 e. The summed E-state index contributed by atoms with van der Waals surface area (Å²) in [6, 6.07) is 0. The van der Waals surface area contributed by atoms with Gasteiger partial charge in [0.25, 0.3) is 0 Å². The van der Waals surface area contributed by atoms with Gasteiger partial charge in [0.05, 0.1) is 0 Å². The van der Waals surface area contributed by atoms with Gasteiger partial charge in [-0.25, -0.2) is 72.9 Å². The number of rotatable bonds is 0. The minimum atomic E-state index is 0. The average molecular weight is 776 g/mol. The summed E-state index contributed by atoms with van der Waals surface area (Å²) in [5, 5.41) is 0. The van der Waals surface area contributed by atoms with Crippen molar-refractivity contribution in [2.45, 2.75) is 38.5 Å². The van der Waals surface area contributed by atoms with Crippen LogP contribution in [0.5, 0.6) is 0 Å². The molecule has 0 aromatic heterocycles. The van der Waals surface area contributed by atoms with Gasteiger partial charge in [-0.15, -0.1) is 38.5 Å². The Morgan fingerprint density at radius 2 is 0.417 bits per heavy atom. The topological polar surface area (TPSA) is 0 Å². The summed E-state index contributed by atoms with van der Waals surface area (Å²) in [6.07, 6.45) is 60.0. The standard InChI is InChI=1S/6C5H5.3ClH.3Nb/c6*1-2-4-5-3-1;;;;;;/h6*1-3H,4H2;3*1H;;;/q6*-1;;;;3*+2/p-3. The molecule has 0 aromatic rings. The predicted molar refractivity (Wildman–Crippen MR) is 129 cm³/mol. The molecule has 36 heavy (non-hydrogen) atoms. The molecule has 0 nitrogen and oxygen atoms in total. The molecule has 0 atom stereocenters. The van der Waals surface area contributed by atoms with Crippen molar-refractivity contribution in [3.8, 4) is 0 Å². The Kier molecular flexibility index (Phi) is 61.1. The minimum Gasteiger partial charge on any atom is -1.00 e. The Hall–Kier alpha value is -0.0292. The van der Waals surface area contributed by atoms with E-state index in [1.165, 1.54) is 0 Å². The maximum absolute atomic E-state index is 2.99. The molecule has 0 fully saturated rings. The van der Waals surface area contributed by atoms with Gasteiger partial charge < -0.3 is 37.2 Å². The molecule has 0 amide bonds. The van der Waals surface area contributed by atoms with Crippen molar-refractivity contribution in [3.05, 3.63) is 146 Å². The van der Waals surface area contributed by atoms with E-state index in [-0.39, 0.29) is 104 Å². The second kappa shape index (κ2) is 44.9. The normalized spacial score (nSPS) is 14.7. The molecule has 6 aliphatic rings. The van der Waals surface area contributed by atoms with E-state index in [2.05, 4.69) is 72.9 Å². The molecule has 189 valence electrons. The van der Waals surface area contributed by atoms with Crippen LogP contribution in [-0.4, -0.2) is 0 Å². The first-order chi connectivity index (χ1) is 15.0. The van der Waals surface area contributed by atoms with Crippen LogP contribution in [0.4, 0.5) is 0 Å². The third-order valence-electron chi connectivity index (χ3n) is 3.52. The van der Waals surface area contributed by atoms with Gasteiger partial charge in [-0.05, 0) is 0 Å². The van der Waals surface area contributed by atoms with Crippen LogP contribution in [0.3, 0.4) is 0 Å². The molecule has 6 heteroatoms. The quantitative estimate of drug-likeness (QED) is 0.216. The van der Waals surface area contributed by atoms with E-state index in [4.69, 9.17) is 0 Å². The number of hydrogen-bond donors (Lipinski definition) is 0. The summed E-state index contributed by atoms with van der Waals surface area (Å²) in [4.78, 5) is 0. The summed E-state index contributed by atoms with van der Waals surface area (Å²) in [5.74, 6) is 0. The summed E-state index contributed by atoms with van der Waals surface area (Å²) in [5.41, 5.74) is 0. The molecule has 6 rings (SSSR count). The first kappa shape index (κ1) is 49.0. The molecule has 0 aliphatic heterocycles. The third-order valence-corrected chi connectivity index (χ3v) is 3.52. The minimum absolute atomic E-state index is 0. The van der Waals surface area contributed by atoms with E-state index < -0.39 is 0 Å². The van der Waals surface area contributed by atoms with Crippen LogP contribution < -0.4 is 37.2 Å². The number of hydrogen-bond acceptors (Lipinski definition) is 0. The molecule has 6 aliphatic carbocycles. The van der Waals surface area contributed by atoms with Gasteiger partial charge in [0, 0.05) is 0 Å². The van der Waals surface area contributed by atoms with E-state index in [1.807, 2.05) is 72.9 Å². The van der Waals surface area contributed by atoms with Gasteiger partial charge >= 0.3 is 67.1 Å². The van der Waals surface area contributed by atoms with Gasteiger partial charge in [-0.1, -0.05) is 0 Å². The number of allylic oxidation sites excluding steroid dienone is 24. The zero-order chi connectivity index (χ0) is 21.2. The molecular weight excluding hydrogens is 745 g/mol. The molecule has 3 radical (unpaired) electrons. The van der Waals surface area contributed by atoms with Gasteiger partial charge in [0.2, 0.25) is 0 Å². The van der Waals surface area contributed by atoms with Crippen molar-refractivity contribution < 1.29 is 104 Å². The molecule has 0 aromatic carbocycles. The smallest absolute Gasteiger partial charge is 1.00 e. The van der Waals surface area contributed by atoms with E-state index in [1.54, 1.807) is 0 Å². The molecule has 0 spiro atoms. The fourth-order valence-electron chi connectivity index (χ4n) is 2.04. The van der Waals surface area contributed by atoms with Crippen molar-refractivity contribution in [3.63, 3.8) is 0 Å². The van der Waals surface area contributed by atoms with Crippen molar-refractivity contribution in [2.24, 2.45) is 0 Å². The average Bonchev–Trinajstić information content (AvgIpc) is 3.69. The first-order valence-corrected chi connectivity index (χ1v) is 10.3. The Balaban J connectivity index is -0.0000000726. The molecular formula is C30H30Cl3Nb3-3. The maximum atomic E-state index is 2.99. The van der Waals surface area contributed by atoms with Gasteiger partial charge in [0.1, 0.15) is 0 Å². The Morgan fingerprint density at radius 3 is 0.444 bits per heavy atom. The van der Waals surface area contributed by atoms with E-state index in [0.29, 0.717) is 0 Å². The van der Waals surface area contributed by atoms with E-state index in [9.17, 15) is 0 Å². The van der Waals surface area contributed by atoms with Crippen LogP contribution in [0.2, 0.25) is 0 Å². The van der Waals surface area contributed by atoms with E-state index in [0.717, 1.165) is 38.5 Å². The molecule has 0 saturated heterocycles. The Bertz CT molecular complexity index is 549. The Morgan fingerprint density at radius 1 is 0.278 bits per heavy atom. The second-order valence-corrected chi connectivity index (χ2v) is 6.02. The van der Waals surface area contributed by atoms with Crippen LogP contribution in [0.1, 0.15) is 38.5 Å². The molecule has 0 unspecified atom stereocenters. The molecule has 0 bridgehead atoms. The van der Waals surface area contributed by atoms with Crippen molar-refractivity contribution in [1.29, 1.82) is 0 Å². The van der Waals surface area contributed by atoms with Gasteiger partial charge in [-0.2, -0.15) is 36.5 Å². The van der Waals surface area contributed by atoms with Crippen LogP contribution in [0, 0.1) is 36.5 Å². The van der Waals surface area contributed by atoms with E-state index >= 15 is 0 Å². The Labute approximate surface area is 285 Å². The zero-order valence-corrected chi connectivity index (χ0v) is 29.0. The largest absolute Gasteiger partial charge is 2.00 e. The van der Waals surface area contributed by atoms with Gasteiger partial charge in [-0.3, -0.25) is 36.5 Å². The third kappa shape index (κ3) is 41.1. The van der Waals surface area contributed by atoms with Crippen LogP contribution in [0.25, 0.3) is 0 Å². The number of halogens is 3. The van der Waals surface area contributed by atoms with Gasteiger partial charge in [0.15, 0.2) is 0 Å². The fourth-order valence-corrected chi connectivity index (χ4v) is 2.04. The molecule has 0 saturated carbocycles. The fraction of sp³-hybridized carbons (Fsp3) is 0.200. The van der Waals surface area contributed by atoms with Crippen LogP contribution in [-0.2, 0) is 67.1 Å². The van der Waals surface area contributed by atoms with Crippen LogP contribution >= 0.6 is 0 Å². The first-order valence-electron chi connectivity index (χ1n) is 10.3. The summed E-state index contributed by atoms with van der Waals surface area (Å²) in [6.45, 7) is 0. The predicted octanol–water partition coefficient (Wildman–Crippen LogP) is -1.16. The van der Waals surface area contributed by atoms with Crippen LogP contribution in [0.15, 0.2) is 109 Å². The van der Waals surface area contributed by atoms with Crippen molar-refractivity contribution in [1.82, 2.24) is 0 Å². The zero-order valence-electron chi connectivity index (χ0n) is 20.1. The SMILES string of the molecule is [C-]1=CC=CC1.[C-]1=CC=CC1.[C-]1=CC=CC1.[C-]1=CC=CC1.[C-]1=CC=CC1.[C-]1=CC=CC1.[Cl-].[Cl-].[Cl-].[Nb+2].[Nb+2].[Nb+2]. The molecule has 0 N–H and O–H groups in total. The van der Waals surface area contributed by atoms with Crippen molar-refractivity contribution >= 4 is 0 Å². The monoisotopic (exact) mass is 774 g/mol. The summed E-state index contributed by atoms with van der Waals surface area (Å²) < 4.78 is 0.